The van der Waals surface area contributed by atoms with Crippen molar-refractivity contribution in [2.24, 2.45) is 11.3 Å². The maximum atomic E-state index is 12.8. The largest absolute Gasteiger partial charge is 0.458 e. The third-order valence-corrected chi connectivity index (χ3v) is 6.00. The Hall–Kier alpha value is -2.40. The minimum Gasteiger partial charge on any atom is -0.458 e. The molecule has 0 radical (unpaired) electrons. The average molecular weight is 367 g/mol. The summed E-state index contributed by atoms with van der Waals surface area (Å²) in [4.78, 5) is 28.1. The fraction of sp³-hybridized carbons (Fsp3) is 0.455. The number of hydrogen-bond acceptors (Lipinski definition) is 4. The Labute approximate surface area is 158 Å². The van der Waals surface area contributed by atoms with Gasteiger partial charge in [-0.15, -0.1) is 0 Å². The van der Waals surface area contributed by atoms with Crippen molar-refractivity contribution >= 4 is 5.97 Å². The van der Waals surface area contributed by atoms with Crippen LogP contribution in [0, 0.1) is 18.3 Å². The number of ether oxygens (including phenoxy) is 2. The lowest BCUT2D eigenvalue weighted by molar-refractivity contribution is -0.243. The molecule has 1 saturated heterocycles. The van der Waals surface area contributed by atoms with Crippen molar-refractivity contribution in [2.45, 2.75) is 45.8 Å². The van der Waals surface area contributed by atoms with Crippen LogP contribution in [0.5, 0.6) is 0 Å². The van der Waals surface area contributed by atoms with Crippen LogP contribution in [-0.2, 0) is 9.47 Å². The molecule has 1 aromatic carbocycles. The quantitative estimate of drug-likeness (QED) is 0.840. The standard InChI is InChI=1S/C22H25NO4/c1-13-16(14-8-5-4-6-9-14)12-17(20(24)23-13)21(25)27-19-15-10-7-11-26-18(15)22(19,2)3/h4-6,8-9,12,15,18-19H,7,10-11H2,1-3H3,(H,23,24). The summed E-state index contributed by atoms with van der Waals surface area (Å²) in [5.74, 6) is -0.341. The summed E-state index contributed by atoms with van der Waals surface area (Å²) in [6.07, 6.45) is 1.87. The van der Waals surface area contributed by atoms with Crippen molar-refractivity contribution in [3.8, 4) is 11.1 Å². The van der Waals surface area contributed by atoms with Gasteiger partial charge in [0.05, 0.1) is 6.10 Å². The van der Waals surface area contributed by atoms with Crippen LogP contribution in [0.1, 0.15) is 42.7 Å². The highest BCUT2D eigenvalue weighted by molar-refractivity contribution is 5.91. The number of aryl methyl sites for hydroxylation is 1. The van der Waals surface area contributed by atoms with E-state index < -0.39 is 11.5 Å². The summed E-state index contributed by atoms with van der Waals surface area (Å²) in [6.45, 7) is 6.72. The van der Waals surface area contributed by atoms with E-state index in [0.717, 1.165) is 36.3 Å². The number of carbonyl (C=O) groups is 1. The predicted octanol–water partition coefficient (Wildman–Crippen LogP) is 3.71. The molecule has 1 saturated carbocycles. The van der Waals surface area contributed by atoms with E-state index in [9.17, 15) is 9.59 Å². The van der Waals surface area contributed by atoms with Crippen LogP contribution in [0.25, 0.3) is 11.1 Å². The van der Waals surface area contributed by atoms with Crippen LogP contribution in [0.4, 0.5) is 0 Å². The minimum atomic E-state index is -0.560. The summed E-state index contributed by atoms with van der Waals surface area (Å²) < 4.78 is 11.7. The van der Waals surface area contributed by atoms with E-state index in [1.165, 1.54) is 0 Å². The molecule has 5 nitrogen and oxygen atoms in total. The molecular formula is C22H25NO4. The highest BCUT2D eigenvalue weighted by Gasteiger charge is 2.60. The van der Waals surface area contributed by atoms with Gasteiger partial charge in [-0.2, -0.15) is 0 Å². The molecule has 0 bridgehead atoms. The number of nitrogens with one attached hydrogen (secondary N) is 1. The Balaban J connectivity index is 1.62. The first-order valence-corrected chi connectivity index (χ1v) is 9.51. The van der Waals surface area contributed by atoms with E-state index in [4.69, 9.17) is 9.47 Å². The number of aromatic nitrogens is 1. The maximum absolute atomic E-state index is 12.8. The maximum Gasteiger partial charge on any atom is 0.344 e. The first-order valence-electron chi connectivity index (χ1n) is 9.51. The van der Waals surface area contributed by atoms with Crippen LogP contribution >= 0.6 is 0 Å². The van der Waals surface area contributed by atoms with E-state index in [2.05, 4.69) is 18.8 Å². The van der Waals surface area contributed by atoms with Crippen LogP contribution < -0.4 is 5.56 Å². The Morgan fingerprint density at radius 3 is 2.74 bits per heavy atom. The highest BCUT2D eigenvalue weighted by atomic mass is 16.6. The van der Waals surface area contributed by atoms with Crippen LogP contribution in [0.15, 0.2) is 41.2 Å². The van der Waals surface area contributed by atoms with Gasteiger partial charge in [0.1, 0.15) is 11.7 Å². The molecule has 27 heavy (non-hydrogen) atoms. The topological polar surface area (TPSA) is 68.4 Å². The van der Waals surface area contributed by atoms with Crippen molar-refractivity contribution in [2.75, 3.05) is 6.61 Å². The molecule has 3 unspecified atom stereocenters. The van der Waals surface area contributed by atoms with E-state index in [-0.39, 0.29) is 29.1 Å². The normalized spacial score (nSPS) is 26.0. The highest BCUT2D eigenvalue weighted by Crippen LogP contribution is 2.53. The van der Waals surface area contributed by atoms with Gasteiger partial charge < -0.3 is 14.5 Å². The molecule has 2 heterocycles. The zero-order valence-electron chi connectivity index (χ0n) is 16.0. The Morgan fingerprint density at radius 1 is 1.26 bits per heavy atom. The van der Waals surface area contributed by atoms with Gasteiger partial charge in [-0.1, -0.05) is 44.2 Å². The summed E-state index contributed by atoms with van der Waals surface area (Å²) in [7, 11) is 0. The molecule has 5 heteroatoms. The first kappa shape index (κ1) is 18.0. The van der Waals surface area contributed by atoms with Gasteiger partial charge in [0, 0.05) is 29.2 Å². The number of carbonyl (C=O) groups excluding carboxylic acids is 1. The number of pyridine rings is 1. The zero-order valence-corrected chi connectivity index (χ0v) is 16.0. The number of aromatic amines is 1. The lowest BCUT2D eigenvalue weighted by atomic mass is 9.57. The molecule has 2 fully saturated rings. The summed E-state index contributed by atoms with van der Waals surface area (Å²) in [6, 6.07) is 11.3. The molecule has 2 aromatic rings. The second kappa shape index (κ2) is 6.64. The number of fused-ring (bicyclic) bond motifs is 1. The number of H-pyrrole nitrogens is 1. The van der Waals surface area contributed by atoms with Gasteiger partial charge in [-0.05, 0) is 31.4 Å². The van der Waals surface area contributed by atoms with Gasteiger partial charge in [0.2, 0.25) is 0 Å². The smallest absolute Gasteiger partial charge is 0.344 e. The van der Waals surface area contributed by atoms with Crippen molar-refractivity contribution in [3.05, 3.63) is 58.0 Å². The summed E-state index contributed by atoms with van der Waals surface area (Å²) >= 11 is 0. The molecular weight excluding hydrogens is 342 g/mol. The zero-order chi connectivity index (χ0) is 19.2. The Bertz CT molecular complexity index is 916. The van der Waals surface area contributed by atoms with Crippen molar-refractivity contribution in [3.63, 3.8) is 0 Å². The van der Waals surface area contributed by atoms with E-state index >= 15 is 0 Å². The number of benzene rings is 1. The number of esters is 1. The monoisotopic (exact) mass is 367 g/mol. The number of hydrogen-bond donors (Lipinski definition) is 1. The molecule has 4 rings (SSSR count). The summed E-state index contributed by atoms with van der Waals surface area (Å²) in [5.41, 5.74) is 1.91. The Kier molecular flexibility index (Phi) is 4.42. The molecule has 1 aliphatic carbocycles. The van der Waals surface area contributed by atoms with E-state index in [1.807, 2.05) is 37.3 Å². The third-order valence-electron chi connectivity index (χ3n) is 6.00. The molecule has 1 aliphatic heterocycles. The van der Waals surface area contributed by atoms with Crippen LogP contribution in [0.3, 0.4) is 0 Å². The summed E-state index contributed by atoms with van der Waals surface area (Å²) in [5, 5.41) is 0. The minimum absolute atomic E-state index is 0.0513. The molecule has 3 atom stereocenters. The van der Waals surface area contributed by atoms with Crippen LogP contribution in [-0.4, -0.2) is 29.8 Å². The van der Waals surface area contributed by atoms with Gasteiger partial charge in [-0.25, -0.2) is 4.79 Å². The van der Waals surface area contributed by atoms with E-state index in [1.54, 1.807) is 6.07 Å². The van der Waals surface area contributed by atoms with Gasteiger partial charge >= 0.3 is 5.97 Å². The SMILES string of the molecule is Cc1[nH]c(=O)c(C(=O)OC2C3CCCOC3C2(C)C)cc1-c1ccccc1. The van der Waals surface area contributed by atoms with Gasteiger partial charge in [0.25, 0.3) is 5.56 Å². The predicted molar refractivity (Wildman–Crippen MR) is 103 cm³/mol. The van der Waals surface area contributed by atoms with E-state index in [0.29, 0.717) is 0 Å². The van der Waals surface area contributed by atoms with Gasteiger partial charge in [-0.3, -0.25) is 4.79 Å². The van der Waals surface area contributed by atoms with Gasteiger partial charge in [0.15, 0.2) is 0 Å². The second-order valence-electron chi connectivity index (χ2n) is 8.16. The number of rotatable bonds is 3. The molecule has 1 N–H and O–H groups in total. The Morgan fingerprint density at radius 2 is 2.00 bits per heavy atom. The second-order valence-corrected chi connectivity index (χ2v) is 8.16. The van der Waals surface area contributed by atoms with Crippen molar-refractivity contribution in [1.29, 1.82) is 0 Å². The lowest BCUT2D eigenvalue weighted by Crippen LogP contribution is -2.65. The molecule has 142 valence electrons. The third kappa shape index (κ3) is 3.00. The lowest BCUT2D eigenvalue weighted by Gasteiger charge is -2.58. The van der Waals surface area contributed by atoms with Crippen molar-refractivity contribution < 1.29 is 14.3 Å². The van der Waals surface area contributed by atoms with Crippen LogP contribution in [0.2, 0.25) is 0 Å². The van der Waals surface area contributed by atoms with Crippen molar-refractivity contribution in [1.82, 2.24) is 4.98 Å². The fourth-order valence-corrected chi connectivity index (χ4v) is 4.59. The first-order chi connectivity index (χ1) is 12.9. The molecule has 1 aromatic heterocycles. The average Bonchev–Trinajstić information content (AvgIpc) is 2.66. The molecule has 2 aliphatic rings. The fourth-order valence-electron chi connectivity index (χ4n) is 4.59. The molecule has 0 amide bonds. The molecule has 0 spiro atoms.